The van der Waals surface area contributed by atoms with Gasteiger partial charge in [0.15, 0.2) is 11.5 Å². The summed E-state index contributed by atoms with van der Waals surface area (Å²) >= 11 is 0. The van der Waals surface area contributed by atoms with Gasteiger partial charge in [0.05, 0.1) is 25.4 Å². The van der Waals surface area contributed by atoms with Crippen LogP contribution in [0.2, 0.25) is 0 Å². The third kappa shape index (κ3) is 4.33. The highest BCUT2D eigenvalue weighted by Crippen LogP contribution is 2.33. The Labute approximate surface area is 172 Å². The number of carbonyl (C=O) groups excluding carboxylic acids is 3. The Balaban J connectivity index is 1.30. The Kier molecular flexibility index (Phi) is 5.75. The molecule has 1 unspecified atom stereocenters. The van der Waals surface area contributed by atoms with Crippen LogP contribution in [0.15, 0.2) is 42.6 Å². The largest absolute Gasteiger partial charge is 0.454 e. The molecule has 1 saturated heterocycles. The van der Waals surface area contributed by atoms with Gasteiger partial charge in [-0.25, -0.2) is 0 Å². The van der Waals surface area contributed by atoms with Gasteiger partial charge in [-0.2, -0.15) is 0 Å². The van der Waals surface area contributed by atoms with Crippen LogP contribution in [-0.4, -0.2) is 60.3 Å². The van der Waals surface area contributed by atoms with Gasteiger partial charge in [0.2, 0.25) is 6.79 Å². The number of rotatable bonds is 5. The van der Waals surface area contributed by atoms with Crippen molar-refractivity contribution in [2.75, 3.05) is 26.5 Å². The summed E-state index contributed by atoms with van der Waals surface area (Å²) in [6.45, 7) is 0.965. The van der Waals surface area contributed by atoms with Crippen molar-refractivity contribution in [1.82, 2.24) is 20.5 Å². The summed E-state index contributed by atoms with van der Waals surface area (Å²) in [6.07, 6.45) is 0.931. The molecular formula is C20H20N4O6. The number of pyridine rings is 1. The van der Waals surface area contributed by atoms with Crippen molar-refractivity contribution in [1.29, 1.82) is 0 Å². The van der Waals surface area contributed by atoms with Crippen molar-refractivity contribution >= 4 is 17.7 Å². The second-order valence-corrected chi connectivity index (χ2v) is 6.61. The molecule has 2 aromatic rings. The summed E-state index contributed by atoms with van der Waals surface area (Å²) < 4.78 is 16.1. The highest BCUT2D eigenvalue weighted by atomic mass is 16.7. The predicted octanol–water partition coefficient (Wildman–Crippen LogP) is 0.0414. The zero-order valence-electron chi connectivity index (χ0n) is 16.0. The van der Waals surface area contributed by atoms with E-state index >= 15 is 0 Å². The van der Waals surface area contributed by atoms with Crippen LogP contribution in [0.5, 0.6) is 11.5 Å². The average molecular weight is 412 g/mol. The Morgan fingerprint density at radius 1 is 1.07 bits per heavy atom. The molecule has 2 N–H and O–H groups in total. The minimum Gasteiger partial charge on any atom is -0.454 e. The fourth-order valence-corrected chi connectivity index (χ4v) is 3.13. The Morgan fingerprint density at radius 3 is 2.73 bits per heavy atom. The first kappa shape index (κ1) is 19.6. The lowest BCUT2D eigenvalue weighted by Crippen LogP contribution is -2.47. The van der Waals surface area contributed by atoms with Crippen molar-refractivity contribution in [3.63, 3.8) is 0 Å². The molecule has 1 aromatic carbocycles. The number of fused-ring (bicyclic) bond motifs is 1. The third-order valence-corrected chi connectivity index (χ3v) is 4.67. The van der Waals surface area contributed by atoms with Crippen LogP contribution in [0.1, 0.15) is 16.1 Å². The monoisotopic (exact) mass is 412 g/mol. The molecule has 0 bridgehead atoms. The lowest BCUT2D eigenvalue weighted by molar-refractivity contribution is -0.139. The number of nitrogens with one attached hydrogen (secondary N) is 2. The smallest absolute Gasteiger partial charge is 0.309 e. The second-order valence-electron chi connectivity index (χ2n) is 6.61. The van der Waals surface area contributed by atoms with E-state index in [1.54, 1.807) is 42.6 Å². The molecule has 3 amide bonds. The van der Waals surface area contributed by atoms with Gasteiger partial charge in [-0.1, -0.05) is 6.07 Å². The van der Waals surface area contributed by atoms with Crippen LogP contribution in [0.3, 0.4) is 0 Å². The van der Waals surface area contributed by atoms with Gasteiger partial charge in [-0.15, -0.1) is 0 Å². The molecule has 1 aromatic heterocycles. The predicted molar refractivity (Wildman–Crippen MR) is 102 cm³/mol. The Hall–Kier alpha value is -3.66. The molecule has 10 heteroatoms. The molecule has 0 radical (unpaired) electrons. The zero-order chi connectivity index (χ0) is 20.9. The van der Waals surface area contributed by atoms with Gasteiger partial charge in [-0.05, 0) is 30.3 Å². The summed E-state index contributed by atoms with van der Waals surface area (Å²) in [5.74, 6) is -0.756. The first-order valence-corrected chi connectivity index (χ1v) is 9.40. The highest BCUT2D eigenvalue weighted by molar-refractivity contribution is 6.35. The first-order chi connectivity index (χ1) is 14.6. The number of hydrogen-bond acceptors (Lipinski definition) is 7. The lowest BCUT2D eigenvalue weighted by atomic mass is 10.1. The minimum absolute atomic E-state index is 0.00781. The Morgan fingerprint density at radius 2 is 1.90 bits per heavy atom. The van der Waals surface area contributed by atoms with Gasteiger partial charge < -0.3 is 29.7 Å². The number of ether oxygens (including phenoxy) is 3. The van der Waals surface area contributed by atoms with Crippen LogP contribution in [0.25, 0.3) is 0 Å². The number of benzene rings is 1. The molecule has 1 atom stereocenters. The summed E-state index contributed by atoms with van der Waals surface area (Å²) in [7, 11) is 0. The van der Waals surface area contributed by atoms with E-state index in [-0.39, 0.29) is 25.8 Å². The number of carbonyl (C=O) groups is 3. The van der Waals surface area contributed by atoms with Gasteiger partial charge in [0, 0.05) is 18.3 Å². The normalized spacial score (nSPS) is 16.9. The van der Waals surface area contributed by atoms with Gasteiger partial charge >= 0.3 is 11.8 Å². The van der Waals surface area contributed by atoms with Crippen molar-refractivity contribution in [3.05, 3.63) is 53.9 Å². The first-order valence-electron chi connectivity index (χ1n) is 9.40. The quantitative estimate of drug-likeness (QED) is 0.666. The molecule has 1 fully saturated rings. The summed E-state index contributed by atoms with van der Waals surface area (Å²) in [5.41, 5.74) is 1.06. The molecule has 2 aliphatic heterocycles. The maximum atomic E-state index is 12.8. The average Bonchev–Trinajstić information content (AvgIpc) is 3.44. The van der Waals surface area contributed by atoms with Crippen molar-refractivity contribution in [3.8, 4) is 11.5 Å². The maximum absolute atomic E-state index is 12.8. The molecule has 4 rings (SSSR count). The van der Waals surface area contributed by atoms with E-state index in [0.717, 1.165) is 0 Å². The van der Waals surface area contributed by atoms with Crippen molar-refractivity contribution < 1.29 is 28.6 Å². The topological polar surface area (TPSA) is 119 Å². The van der Waals surface area contributed by atoms with Crippen LogP contribution < -0.4 is 20.1 Å². The maximum Gasteiger partial charge on any atom is 0.309 e. The molecule has 2 aliphatic rings. The molecule has 3 heterocycles. The summed E-state index contributed by atoms with van der Waals surface area (Å²) in [6, 6.07) is 10.2. The fraction of sp³-hybridized carbons (Fsp3) is 0.300. The number of hydrogen-bond donors (Lipinski definition) is 2. The van der Waals surface area contributed by atoms with E-state index in [0.29, 0.717) is 35.9 Å². The molecule has 10 nitrogen and oxygen atoms in total. The molecule has 30 heavy (non-hydrogen) atoms. The second kappa shape index (κ2) is 8.78. The number of amides is 3. The standard InChI is InChI=1S/C20H20N4O6/c25-18(22-10-14-3-1-2-6-21-14)19(26)23-11-17-24(7-8-28-17)20(27)13-4-5-15-16(9-13)30-12-29-15/h1-6,9,17H,7-8,10-12H2,(H,22,25)(H,23,26). The molecule has 0 aliphatic carbocycles. The molecule has 156 valence electrons. The van der Waals surface area contributed by atoms with Crippen LogP contribution in [-0.2, 0) is 20.9 Å². The van der Waals surface area contributed by atoms with E-state index in [1.165, 1.54) is 4.90 Å². The minimum atomic E-state index is -0.808. The van der Waals surface area contributed by atoms with Crippen molar-refractivity contribution in [2.24, 2.45) is 0 Å². The molecular weight excluding hydrogens is 392 g/mol. The Bertz CT molecular complexity index is 952. The lowest BCUT2D eigenvalue weighted by Gasteiger charge is -2.23. The number of nitrogens with zero attached hydrogens (tertiary/aromatic N) is 2. The highest BCUT2D eigenvalue weighted by Gasteiger charge is 2.32. The fourth-order valence-electron chi connectivity index (χ4n) is 3.13. The third-order valence-electron chi connectivity index (χ3n) is 4.67. The van der Waals surface area contributed by atoms with Crippen LogP contribution in [0, 0.1) is 0 Å². The van der Waals surface area contributed by atoms with Crippen LogP contribution >= 0.6 is 0 Å². The summed E-state index contributed by atoms with van der Waals surface area (Å²) in [4.78, 5) is 42.5. The van der Waals surface area contributed by atoms with Gasteiger partial charge in [0.25, 0.3) is 5.91 Å². The van der Waals surface area contributed by atoms with E-state index < -0.39 is 18.0 Å². The van der Waals surface area contributed by atoms with Gasteiger partial charge in [0.1, 0.15) is 6.23 Å². The van der Waals surface area contributed by atoms with Crippen LogP contribution in [0.4, 0.5) is 0 Å². The van der Waals surface area contributed by atoms with E-state index in [4.69, 9.17) is 14.2 Å². The SMILES string of the molecule is O=C(NCc1ccccn1)C(=O)NCC1OCCN1C(=O)c1ccc2c(c1)OCO2. The zero-order valence-corrected chi connectivity index (χ0v) is 16.0. The van der Waals surface area contributed by atoms with Gasteiger partial charge in [-0.3, -0.25) is 19.4 Å². The van der Waals surface area contributed by atoms with E-state index in [2.05, 4.69) is 15.6 Å². The number of aromatic nitrogens is 1. The molecule has 0 spiro atoms. The van der Waals surface area contributed by atoms with E-state index in [9.17, 15) is 14.4 Å². The molecule has 0 saturated carbocycles. The van der Waals surface area contributed by atoms with E-state index in [1.807, 2.05) is 0 Å². The summed E-state index contributed by atoms with van der Waals surface area (Å²) in [5, 5.41) is 5.00. The van der Waals surface area contributed by atoms with Crippen molar-refractivity contribution in [2.45, 2.75) is 12.8 Å².